The Morgan fingerprint density at radius 2 is 1.87 bits per heavy atom. The van der Waals surface area contributed by atoms with Gasteiger partial charge in [0.05, 0.1) is 24.1 Å². The molecular formula is C16H19F3N2OS. The van der Waals surface area contributed by atoms with E-state index in [2.05, 4.69) is 18.8 Å². The number of alkyl halides is 3. The third-order valence-electron chi connectivity index (χ3n) is 3.26. The fourth-order valence-corrected chi connectivity index (χ4v) is 3.09. The highest BCUT2D eigenvalue weighted by atomic mass is 32.2. The van der Waals surface area contributed by atoms with Gasteiger partial charge in [-0.3, -0.25) is 0 Å². The van der Waals surface area contributed by atoms with Gasteiger partial charge in [-0.05, 0) is 23.6 Å². The van der Waals surface area contributed by atoms with Crippen molar-refractivity contribution in [3.05, 3.63) is 47.3 Å². The van der Waals surface area contributed by atoms with Crippen LogP contribution in [0.2, 0.25) is 0 Å². The summed E-state index contributed by atoms with van der Waals surface area (Å²) < 4.78 is 39.6. The first-order chi connectivity index (χ1) is 10.8. The maximum atomic E-state index is 12.5. The third kappa shape index (κ3) is 4.75. The Bertz CT molecular complexity index is 636. The second-order valence-electron chi connectivity index (χ2n) is 5.68. The molecule has 1 aromatic carbocycles. The van der Waals surface area contributed by atoms with Crippen LogP contribution in [0.15, 0.2) is 35.6 Å². The molecule has 23 heavy (non-hydrogen) atoms. The van der Waals surface area contributed by atoms with Gasteiger partial charge in [0.1, 0.15) is 0 Å². The van der Waals surface area contributed by atoms with Crippen LogP contribution in [0.25, 0.3) is 0 Å². The van der Waals surface area contributed by atoms with E-state index in [1.807, 2.05) is 4.57 Å². The summed E-state index contributed by atoms with van der Waals surface area (Å²) in [5, 5.41) is 10.1. The van der Waals surface area contributed by atoms with E-state index < -0.39 is 11.7 Å². The number of imidazole rings is 1. The molecule has 0 unspecified atom stereocenters. The molecule has 3 nitrogen and oxygen atoms in total. The van der Waals surface area contributed by atoms with Crippen LogP contribution < -0.4 is 0 Å². The maximum absolute atomic E-state index is 12.5. The number of aliphatic hydroxyl groups excluding tert-OH is 1. The highest BCUT2D eigenvalue weighted by Gasteiger charge is 2.29. The third-order valence-corrected chi connectivity index (χ3v) is 4.32. The summed E-state index contributed by atoms with van der Waals surface area (Å²) in [5.41, 5.74) is 0.899. The zero-order valence-electron chi connectivity index (χ0n) is 13.0. The van der Waals surface area contributed by atoms with Crippen LogP contribution in [-0.2, 0) is 25.1 Å². The first-order valence-electron chi connectivity index (χ1n) is 7.25. The Kier molecular flexibility index (Phi) is 5.75. The number of aromatic nitrogens is 2. The topological polar surface area (TPSA) is 38.0 Å². The SMILES string of the molecule is CC(C)Cn1c(CO)cnc1SCc1ccc(C(F)(F)F)cc1. The zero-order valence-corrected chi connectivity index (χ0v) is 13.8. The van der Waals surface area contributed by atoms with E-state index in [9.17, 15) is 18.3 Å². The number of rotatable bonds is 6. The fraction of sp³-hybridized carbons (Fsp3) is 0.438. The fourth-order valence-electron chi connectivity index (χ4n) is 2.13. The number of hydrogen-bond acceptors (Lipinski definition) is 3. The average Bonchev–Trinajstić information content (AvgIpc) is 2.86. The molecule has 7 heteroatoms. The molecule has 0 saturated carbocycles. The van der Waals surface area contributed by atoms with Crippen molar-refractivity contribution in [2.75, 3.05) is 0 Å². The van der Waals surface area contributed by atoms with Crippen LogP contribution >= 0.6 is 11.8 Å². The van der Waals surface area contributed by atoms with Gasteiger partial charge in [0.25, 0.3) is 0 Å². The molecule has 1 heterocycles. The van der Waals surface area contributed by atoms with Gasteiger partial charge in [-0.15, -0.1) is 0 Å². The van der Waals surface area contributed by atoms with Crippen molar-refractivity contribution in [2.45, 2.75) is 44.1 Å². The summed E-state index contributed by atoms with van der Waals surface area (Å²) in [5.74, 6) is 0.929. The van der Waals surface area contributed by atoms with Gasteiger partial charge in [0, 0.05) is 12.3 Å². The van der Waals surface area contributed by atoms with Crippen LogP contribution in [0, 0.1) is 5.92 Å². The number of hydrogen-bond donors (Lipinski definition) is 1. The Hall–Kier alpha value is -1.47. The molecule has 0 aliphatic rings. The second kappa shape index (κ2) is 7.40. The predicted molar refractivity (Wildman–Crippen MR) is 84.0 cm³/mol. The van der Waals surface area contributed by atoms with E-state index in [0.717, 1.165) is 35.1 Å². The molecule has 1 aromatic heterocycles. The molecule has 0 bridgehead atoms. The highest BCUT2D eigenvalue weighted by molar-refractivity contribution is 7.98. The Balaban J connectivity index is 2.07. The van der Waals surface area contributed by atoms with E-state index in [4.69, 9.17) is 0 Å². The molecule has 0 spiro atoms. The van der Waals surface area contributed by atoms with Crippen LogP contribution in [0.3, 0.4) is 0 Å². The van der Waals surface area contributed by atoms with Crippen molar-refractivity contribution in [2.24, 2.45) is 5.92 Å². The van der Waals surface area contributed by atoms with E-state index >= 15 is 0 Å². The quantitative estimate of drug-likeness (QED) is 0.792. The summed E-state index contributed by atoms with van der Waals surface area (Å²) in [6.07, 6.45) is -2.67. The number of nitrogens with zero attached hydrogens (tertiary/aromatic N) is 2. The summed E-state index contributed by atoms with van der Waals surface area (Å²) in [4.78, 5) is 4.30. The lowest BCUT2D eigenvalue weighted by atomic mass is 10.1. The first-order valence-corrected chi connectivity index (χ1v) is 8.24. The van der Waals surface area contributed by atoms with E-state index in [0.29, 0.717) is 11.7 Å². The molecule has 0 saturated heterocycles. The molecule has 0 atom stereocenters. The van der Waals surface area contributed by atoms with Gasteiger partial charge in [0.15, 0.2) is 5.16 Å². The lowest BCUT2D eigenvalue weighted by Crippen LogP contribution is -2.09. The number of halogens is 3. The van der Waals surface area contributed by atoms with Crippen molar-refractivity contribution >= 4 is 11.8 Å². The summed E-state index contributed by atoms with van der Waals surface area (Å²) in [6, 6.07) is 5.16. The molecule has 0 radical (unpaired) electrons. The molecular weight excluding hydrogens is 325 g/mol. The van der Waals surface area contributed by atoms with Crippen molar-refractivity contribution < 1.29 is 18.3 Å². The first kappa shape index (κ1) is 17.9. The average molecular weight is 344 g/mol. The van der Waals surface area contributed by atoms with Crippen molar-refractivity contribution in [3.63, 3.8) is 0 Å². The van der Waals surface area contributed by atoms with Gasteiger partial charge in [-0.25, -0.2) is 4.98 Å². The molecule has 2 rings (SSSR count). The van der Waals surface area contributed by atoms with Gasteiger partial charge in [-0.2, -0.15) is 13.2 Å². The summed E-state index contributed by atoms with van der Waals surface area (Å²) in [7, 11) is 0. The molecule has 0 amide bonds. The van der Waals surface area contributed by atoms with E-state index in [-0.39, 0.29) is 6.61 Å². The number of aliphatic hydroxyl groups is 1. The van der Waals surface area contributed by atoms with Gasteiger partial charge < -0.3 is 9.67 Å². The standard InChI is InChI=1S/C16H19F3N2OS/c1-11(2)8-21-14(9-22)7-20-15(21)23-10-12-3-5-13(6-4-12)16(17,18)19/h3-7,11,22H,8-10H2,1-2H3. The minimum atomic E-state index is -4.31. The minimum absolute atomic E-state index is 0.0828. The molecule has 1 N–H and O–H groups in total. The van der Waals surface area contributed by atoms with Gasteiger partial charge >= 0.3 is 6.18 Å². The zero-order chi connectivity index (χ0) is 17.0. The second-order valence-corrected chi connectivity index (χ2v) is 6.62. The smallest absolute Gasteiger partial charge is 0.390 e. The monoisotopic (exact) mass is 344 g/mol. The molecule has 2 aromatic rings. The van der Waals surface area contributed by atoms with Crippen molar-refractivity contribution in [1.82, 2.24) is 9.55 Å². The Morgan fingerprint density at radius 3 is 2.39 bits per heavy atom. The predicted octanol–water partition coefficient (Wildman–Crippen LogP) is 4.34. The van der Waals surface area contributed by atoms with Crippen LogP contribution in [-0.4, -0.2) is 14.7 Å². The Labute approximate surface area is 137 Å². The lowest BCUT2D eigenvalue weighted by Gasteiger charge is -2.13. The minimum Gasteiger partial charge on any atom is -0.390 e. The normalized spacial score (nSPS) is 12.1. The van der Waals surface area contributed by atoms with Gasteiger partial charge in [-0.1, -0.05) is 37.7 Å². The number of benzene rings is 1. The molecule has 0 fully saturated rings. The number of thioether (sulfide) groups is 1. The molecule has 126 valence electrons. The largest absolute Gasteiger partial charge is 0.416 e. The lowest BCUT2D eigenvalue weighted by molar-refractivity contribution is -0.137. The van der Waals surface area contributed by atoms with Gasteiger partial charge in [0.2, 0.25) is 0 Å². The van der Waals surface area contributed by atoms with Crippen molar-refractivity contribution in [3.8, 4) is 0 Å². The maximum Gasteiger partial charge on any atom is 0.416 e. The van der Waals surface area contributed by atoms with Crippen molar-refractivity contribution in [1.29, 1.82) is 0 Å². The molecule has 0 aliphatic heterocycles. The Morgan fingerprint density at radius 1 is 1.22 bits per heavy atom. The van der Waals surface area contributed by atoms with E-state index in [1.54, 1.807) is 6.20 Å². The van der Waals surface area contributed by atoms with Crippen LogP contribution in [0.1, 0.15) is 30.7 Å². The summed E-state index contributed by atoms with van der Waals surface area (Å²) in [6.45, 7) is 4.81. The van der Waals surface area contributed by atoms with E-state index in [1.165, 1.54) is 23.9 Å². The molecule has 0 aliphatic carbocycles. The summed E-state index contributed by atoms with van der Waals surface area (Å²) >= 11 is 1.45. The highest BCUT2D eigenvalue weighted by Crippen LogP contribution is 2.30. The van der Waals surface area contributed by atoms with Crippen LogP contribution in [0.5, 0.6) is 0 Å². The van der Waals surface area contributed by atoms with Crippen LogP contribution in [0.4, 0.5) is 13.2 Å².